The smallest absolute Gasteiger partial charge is 0.219 e. The van der Waals surface area contributed by atoms with Gasteiger partial charge in [0.2, 0.25) is 5.78 Å². The van der Waals surface area contributed by atoms with Crippen LogP contribution >= 0.6 is 0 Å². The number of ketones is 1. The first-order valence-corrected chi connectivity index (χ1v) is 8.37. The highest BCUT2D eigenvalue weighted by atomic mass is 16.6. The summed E-state index contributed by atoms with van der Waals surface area (Å²) in [5.74, 6) is -0.390. The first-order valence-electron chi connectivity index (χ1n) is 8.37. The van der Waals surface area contributed by atoms with Gasteiger partial charge in [-0.25, -0.2) is 0 Å². The lowest BCUT2D eigenvalue weighted by atomic mass is 9.98. The summed E-state index contributed by atoms with van der Waals surface area (Å²) in [5, 5.41) is 14.2. The molecule has 0 heterocycles. The van der Waals surface area contributed by atoms with Crippen LogP contribution in [0.3, 0.4) is 0 Å². The Morgan fingerprint density at radius 3 is 2.33 bits per heavy atom. The Morgan fingerprint density at radius 2 is 1.62 bits per heavy atom. The normalized spacial score (nSPS) is 15.9. The molecule has 2 aromatic rings. The zero-order valence-electron chi connectivity index (χ0n) is 13.5. The van der Waals surface area contributed by atoms with E-state index in [1.54, 1.807) is 18.2 Å². The number of aromatic hydroxyl groups is 1. The van der Waals surface area contributed by atoms with Crippen LogP contribution in [0.5, 0.6) is 5.75 Å². The van der Waals surface area contributed by atoms with E-state index < -0.39 is 0 Å². The van der Waals surface area contributed by atoms with Crippen LogP contribution in [-0.4, -0.2) is 22.7 Å². The third-order valence-electron chi connectivity index (χ3n) is 4.26. The molecule has 124 valence electrons. The predicted octanol–water partition coefficient (Wildman–Crippen LogP) is 4.33. The Kier molecular flexibility index (Phi) is 5.26. The Morgan fingerprint density at radius 1 is 0.958 bits per heavy atom. The van der Waals surface area contributed by atoms with Crippen molar-refractivity contribution in [2.45, 2.75) is 38.2 Å². The van der Waals surface area contributed by atoms with Crippen molar-refractivity contribution in [3.05, 3.63) is 65.7 Å². The molecule has 1 N–H and O–H groups in total. The van der Waals surface area contributed by atoms with E-state index in [0.717, 1.165) is 25.7 Å². The maximum atomic E-state index is 12.9. The Balaban J connectivity index is 1.90. The second-order valence-corrected chi connectivity index (χ2v) is 6.02. The summed E-state index contributed by atoms with van der Waals surface area (Å²) in [6.07, 6.45) is 5.50. The average Bonchev–Trinajstić information content (AvgIpc) is 2.64. The van der Waals surface area contributed by atoms with Crippen LogP contribution in [0.25, 0.3) is 0 Å². The van der Waals surface area contributed by atoms with Crippen LogP contribution in [0.2, 0.25) is 0 Å². The van der Waals surface area contributed by atoms with Crippen LogP contribution in [0, 0.1) is 0 Å². The van der Waals surface area contributed by atoms with Gasteiger partial charge in [-0.05, 0) is 37.8 Å². The van der Waals surface area contributed by atoms with Crippen LogP contribution in [0.15, 0.2) is 59.8 Å². The largest absolute Gasteiger partial charge is 0.507 e. The Bertz CT molecular complexity index is 719. The van der Waals surface area contributed by atoms with Crippen molar-refractivity contribution in [3.63, 3.8) is 0 Å². The predicted molar refractivity (Wildman–Crippen MR) is 93.4 cm³/mol. The number of carbonyl (C=O) groups excluding carboxylic acids is 1. The summed E-state index contributed by atoms with van der Waals surface area (Å²) >= 11 is 0. The van der Waals surface area contributed by atoms with Gasteiger partial charge in [-0.2, -0.15) is 0 Å². The maximum absolute atomic E-state index is 12.9. The van der Waals surface area contributed by atoms with Crippen molar-refractivity contribution in [2.24, 2.45) is 5.16 Å². The maximum Gasteiger partial charge on any atom is 0.219 e. The zero-order valence-corrected chi connectivity index (χ0v) is 13.5. The lowest BCUT2D eigenvalue weighted by Gasteiger charge is -2.20. The van der Waals surface area contributed by atoms with Crippen molar-refractivity contribution >= 4 is 11.5 Å². The van der Waals surface area contributed by atoms with Crippen molar-refractivity contribution < 1.29 is 14.7 Å². The molecule has 2 aromatic carbocycles. The number of carbonyl (C=O) groups is 1. The van der Waals surface area contributed by atoms with Crippen LogP contribution < -0.4 is 0 Å². The lowest BCUT2D eigenvalue weighted by Crippen LogP contribution is -2.20. The van der Waals surface area contributed by atoms with Gasteiger partial charge in [0, 0.05) is 5.56 Å². The third-order valence-corrected chi connectivity index (χ3v) is 4.26. The van der Waals surface area contributed by atoms with E-state index in [0.29, 0.717) is 5.56 Å². The number of para-hydroxylation sites is 1. The Hall–Kier alpha value is -2.62. The fourth-order valence-corrected chi connectivity index (χ4v) is 2.91. The van der Waals surface area contributed by atoms with E-state index in [9.17, 15) is 9.90 Å². The molecule has 3 rings (SSSR count). The van der Waals surface area contributed by atoms with Gasteiger partial charge in [-0.15, -0.1) is 0 Å². The monoisotopic (exact) mass is 323 g/mol. The first-order chi connectivity index (χ1) is 11.8. The number of rotatable bonds is 5. The SMILES string of the molecule is O=C(C(=NOC1CCCCC1)c1ccccc1)c1ccccc1O. The lowest BCUT2D eigenvalue weighted by molar-refractivity contribution is 0.0327. The van der Waals surface area contributed by atoms with Crippen molar-refractivity contribution in [2.75, 3.05) is 0 Å². The minimum Gasteiger partial charge on any atom is -0.507 e. The molecule has 24 heavy (non-hydrogen) atoms. The number of nitrogens with zero attached hydrogens (tertiary/aromatic N) is 1. The van der Waals surface area contributed by atoms with Crippen LogP contribution in [0.4, 0.5) is 0 Å². The highest BCUT2D eigenvalue weighted by Gasteiger charge is 2.21. The molecule has 1 aliphatic rings. The number of benzene rings is 2. The minimum atomic E-state index is -0.338. The van der Waals surface area contributed by atoms with Gasteiger partial charge in [-0.1, -0.05) is 54.0 Å². The van der Waals surface area contributed by atoms with E-state index in [1.807, 2.05) is 30.3 Å². The molecule has 0 aromatic heterocycles. The second-order valence-electron chi connectivity index (χ2n) is 6.02. The number of phenols is 1. The average molecular weight is 323 g/mol. The van der Waals surface area contributed by atoms with Crippen LogP contribution in [0.1, 0.15) is 48.0 Å². The minimum absolute atomic E-state index is 0.0520. The molecule has 0 unspecified atom stereocenters. The summed E-state index contributed by atoms with van der Waals surface area (Å²) in [6.45, 7) is 0. The van der Waals surface area contributed by atoms with Crippen molar-refractivity contribution in [1.82, 2.24) is 0 Å². The number of hydrogen-bond acceptors (Lipinski definition) is 4. The third kappa shape index (κ3) is 3.82. The summed E-state index contributed by atoms with van der Waals surface area (Å²) < 4.78 is 0. The fraction of sp³-hybridized carbons (Fsp3) is 0.300. The molecule has 1 saturated carbocycles. The zero-order chi connectivity index (χ0) is 16.8. The fourth-order valence-electron chi connectivity index (χ4n) is 2.91. The molecule has 0 bridgehead atoms. The molecular formula is C20H21NO3. The van der Waals surface area contributed by atoms with E-state index >= 15 is 0 Å². The van der Waals surface area contributed by atoms with Gasteiger partial charge < -0.3 is 9.94 Å². The second kappa shape index (κ2) is 7.77. The van der Waals surface area contributed by atoms with Gasteiger partial charge in [0.1, 0.15) is 11.9 Å². The summed E-state index contributed by atoms with van der Waals surface area (Å²) in [7, 11) is 0. The molecule has 0 amide bonds. The number of Topliss-reactive ketones (excluding diaryl/α,β-unsaturated/α-hetero) is 1. The highest BCUT2D eigenvalue weighted by molar-refractivity contribution is 6.51. The van der Waals surface area contributed by atoms with Gasteiger partial charge in [0.25, 0.3) is 0 Å². The molecule has 0 spiro atoms. The molecule has 0 aliphatic heterocycles. The number of oxime groups is 1. The topological polar surface area (TPSA) is 58.9 Å². The molecule has 0 atom stereocenters. The van der Waals surface area contributed by atoms with Crippen molar-refractivity contribution in [1.29, 1.82) is 0 Å². The Labute approximate surface area is 141 Å². The highest BCUT2D eigenvalue weighted by Crippen LogP contribution is 2.22. The molecule has 4 nitrogen and oxygen atoms in total. The van der Waals surface area contributed by atoms with E-state index in [-0.39, 0.29) is 28.9 Å². The molecule has 4 heteroatoms. The van der Waals surface area contributed by atoms with E-state index in [1.165, 1.54) is 12.5 Å². The molecule has 1 aliphatic carbocycles. The quantitative estimate of drug-likeness (QED) is 0.506. The summed E-state index contributed by atoms with van der Waals surface area (Å²) in [6, 6.07) is 15.7. The molecule has 0 radical (unpaired) electrons. The van der Waals surface area contributed by atoms with Gasteiger partial charge in [0.05, 0.1) is 5.56 Å². The number of phenolic OH excluding ortho intramolecular Hbond substituents is 1. The van der Waals surface area contributed by atoms with E-state index in [2.05, 4.69) is 5.16 Å². The number of hydrogen-bond donors (Lipinski definition) is 1. The van der Waals surface area contributed by atoms with Gasteiger partial charge >= 0.3 is 0 Å². The van der Waals surface area contributed by atoms with E-state index in [4.69, 9.17) is 4.84 Å². The summed E-state index contributed by atoms with van der Waals surface area (Å²) in [5.41, 5.74) is 1.14. The van der Waals surface area contributed by atoms with Crippen molar-refractivity contribution in [3.8, 4) is 5.75 Å². The molecule has 1 fully saturated rings. The first kappa shape index (κ1) is 16.2. The van der Waals surface area contributed by atoms with Gasteiger partial charge in [0.15, 0.2) is 5.71 Å². The summed E-state index contributed by atoms with van der Waals surface area (Å²) in [4.78, 5) is 18.5. The molecule has 0 saturated heterocycles. The van der Waals surface area contributed by atoms with Crippen LogP contribution in [-0.2, 0) is 4.84 Å². The standard InChI is InChI=1S/C20H21NO3/c22-18-14-8-7-13-17(18)20(23)19(15-9-3-1-4-10-15)21-24-16-11-5-2-6-12-16/h1,3-4,7-10,13-14,16,22H,2,5-6,11-12H2. The molecular weight excluding hydrogens is 302 g/mol. The van der Waals surface area contributed by atoms with Gasteiger partial charge in [-0.3, -0.25) is 4.79 Å².